The van der Waals surface area contributed by atoms with Crippen molar-refractivity contribution in [1.82, 2.24) is 0 Å². The van der Waals surface area contributed by atoms with Crippen molar-refractivity contribution in [2.45, 2.75) is 18.9 Å². The van der Waals surface area contributed by atoms with Crippen LogP contribution >= 0.6 is 0 Å². The van der Waals surface area contributed by atoms with E-state index in [1.807, 2.05) is 0 Å². The van der Waals surface area contributed by atoms with E-state index >= 15 is 0 Å². The maximum absolute atomic E-state index is 2.26. The first-order valence-electron chi connectivity index (χ1n) is 2.92. The van der Waals surface area contributed by atoms with Gasteiger partial charge < -0.3 is 28.5 Å². The number of halogens is 1. The van der Waals surface area contributed by atoms with E-state index in [1.165, 1.54) is 17.3 Å². The van der Waals surface area contributed by atoms with Crippen LogP contribution in [0.2, 0.25) is 0 Å². The Morgan fingerprint density at radius 1 is 1.12 bits per heavy atom. The van der Waals surface area contributed by atoms with Gasteiger partial charge in [-0.25, -0.2) is 0 Å². The Bertz CT molecular complexity index is 71.1. The molecule has 1 saturated carbocycles. The van der Waals surface area contributed by atoms with Crippen molar-refractivity contribution in [1.29, 1.82) is 0 Å². The van der Waals surface area contributed by atoms with Crippen molar-refractivity contribution in [2.75, 3.05) is 21.1 Å². The summed E-state index contributed by atoms with van der Waals surface area (Å²) in [7, 11) is 6.78. The second kappa shape index (κ2) is 2.52. The first-order chi connectivity index (χ1) is 3.11. The van der Waals surface area contributed by atoms with E-state index in [1.54, 1.807) is 0 Å². The molecule has 1 rings (SSSR count). The maximum atomic E-state index is 2.26. The van der Waals surface area contributed by atoms with Crippen molar-refractivity contribution in [3.8, 4) is 0 Å². The Morgan fingerprint density at radius 2 is 1.50 bits per heavy atom. The monoisotopic (exact) mass is 227 g/mol. The van der Waals surface area contributed by atoms with Crippen molar-refractivity contribution >= 4 is 0 Å². The third kappa shape index (κ3) is 2.31. The molecule has 0 aliphatic heterocycles. The van der Waals surface area contributed by atoms with E-state index < -0.39 is 0 Å². The average molecular weight is 227 g/mol. The SMILES string of the molecule is C[N+](C)(C)C1CC1.[I-]. The lowest BCUT2D eigenvalue weighted by atomic mass is 10.5. The van der Waals surface area contributed by atoms with Crippen molar-refractivity contribution in [2.24, 2.45) is 0 Å². The molecule has 0 saturated heterocycles. The lowest BCUT2D eigenvalue weighted by molar-refractivity contribution is -0.881. The summed E-state index contributed by atoms with van der Waals surface area (Å²) in [5, 5.41) is 0. The van der Waals surface area contributed by atoms with E-state index in [9.17, 15) is 0 Å². The molecule has 0 radical (unpaired) electrons. The van der Waals surface area contributed by atoms with E-state index in [0.29, 0.717) is 0 Å². The van der Waals surface area contributed by atoms with E-state index in [2.05, 4.69) is 21.1 Å². The smallest absolute Gasteiger partial charge is 0.0888 e. The summed E-state index contributed by atoms with van der Waals surface area (Å²) in [6.45, 7) is 0. The number of hydrogen-bond acceptors (Lipinski definition) is 0. The molecule has 8 heavy (non-hydrogen) atoms. The number of quaternary nitrogens is 1. The summed E-state index contributed by atoms with van der Waals surface area (Å²) in [4.78, 5) is 0. The van der Waals surface area contributed by atoms with Crippen molar-refractivity contribution in [3.63, 3.8) is 0 Å². The average Bonchev–Trinajstić information content (AvgIpc) is 1.99. The summed E-state index contributed by atoms with van der Waals surface area (Å²) < 4.78 is 1.17. The van der Waals surface area contributed by atoms with Gasteiger partial charge in [-0.05, 0) is 0 Å². The molecule has 0 heterocycles. The molecule has 0 bridgehead atoms. The van der Waals surface area contributed by atoms with Gasteiger partial charge in [0.15, 0.2) is 0 Å². The molecule has 1 fully saturated rings. The van der Waals surface area contributed by atoms with Crippen LogP contribution in [0.15, 0.2) is 0 Å². The Hall–Kier alpha value is 0.690. The molecule has 50 valence electrons. The van der Waals surface area contributed by atoms with Gasteiger partial charge >= 0.3 is 0 Å². The fourth-order valence-electron chi connectivity index (χ4n) is 0.849. The number of hydrogen-bond donors (Lipinski definition) is 0. The summed E-state index contributed by atoms with van der Waals surface area (Å²) in [6.07, 6.45) is 2.90. The molecule has 0 spiro atoms. The normalized spacial score (nSPS) is 19.9. The first-order valence-corrected chi connectivity index (χ1v) is 2.92. The van der Waals surface area contributed by atoms with Gasteiger partial charge in [-0.15, -0.1) is 0 Å². The van der Waals surface area contributed by atoms with Crippen LogP contribution in [0.3, 0.4) is 0 Å². The fraction of sp³-hybridized carbons (Fsp3) is 1.00. The number of rotatable bonds is 1. The zero-order valence-electron chi connectivity index (χ0n) is 5.82. The third-order valence-corrected chi connectivity index (χ3v) is 1.64. The van der Waals surface area contributed by atoms with Crippen LogP contribution in [-0.4, -0.2) is 31.7 Å². The second-order valence-electron chi connectivity index (χ2n) is 3.35. The van der Waals surface area contributed by atoms with Gasteiger partial charge in [0, 0.05) is 12.8 Å². The van der Waals surface area contributed by atoms with Gasteiger partial charge in [-0.2, -0.15) is 0 Å². The van der Waals surface area contributed by atoms with E-state index in [-0.39, 0.29) is 24.0 Å². The molecule has 1 aliphatic carbocycles. The molecule has 0 N–H and O–H groups in total. The summed E-state index contributed by atoms with van der Waals surface area (Å²) in [6, 6.07) is 0.986. The molecule has 0 aromatic carbocycles. The quantitative estimate of drug-likeness (QED) is 0.354. The minimum atomic E-state index is 0. The number of nitrogens with zero attached hydrogens (tertiary/aromatic N) is 1. The van der Waals surface area contributed by atoms with Crippen LogP contribution in [-0.2, 0) is 0 Å². The van der Waals surface area contributed by atoms with Crippen LogP contribution in [0.4, 0.5) is 0 Å². The molecule has 0 amide bonds. The Balaban J connectivity index is 0.000000490. The fourth-order valence-corrected chi connectivity index (χ4v) is 0.849. The van der Waals surface area contributed by atoms with Crippen LogP contribution in [0.5, 0.6) is 0 Å². The molecular formula is C6H14IN. The molecular weight excluding hydrogens is 213 g/mol. The predicted octanol–water partition coefficient (Wildman–Crippen LogP) is -2.14. The molecule has 2 heteroatoms. The highest BCUT2D eigenvalue weighted by Gasteiger charge is 2.34. The van der Waals surface area contributed by atoms with Gasteiger partial charge in [0.2, 0.25) is 0 Å². The lowest BCUT2D eigenvalue weighted by Gasteiger charge is -2.22. The van der Waals surface area contributed by atoms with Crippen molar-refractivity contribution in [3.05, 3.63) is 0 Å². The molecule has 1 aliphatic rings. The van der Waals surface area contributed by atoms with Gasteiger partial charge in [-0.1, -0.05) is 0 Å². The Kier molecular flexibility index (Phi) is 2.74. The largest absolute Gasteiger partial charge is 1.00 e. The lowest BCUT2D eigenvalue weighted by Crippen LogP contribution is -3.00. The minimum absolute atomic E-state index is 0. The van der Waals surface area contributed by atoms with Crippen LogP contribution < -0.4 is 24.0 Å². The van der Waals surface area contributed by atoms with Gasteiger partial charge in [0.1, 0.15) is 0 Å². The van der Waals surface area contributed by atoms with Crippen molar-refractivity contribution < 1.29 is 28.5 Å². The van der Waals surface area contributed by atoms with Crippen LogP contribution in [0, 0.1) is 0 Å². The molecule has 0 aromatic rings. The van der Waals surface area contributed by atoms with E-state index in [4.69, 9.17) is 0 Å². The topological polar surface area (TPSA) is 0 Å². The molecule has 0 atom stereocenters. The second-order valence-corrected chi connectivity index (χ2v) is 3.35. The van der Waals surface area contributed by atoms with Gasteiger partial charge in [-0.3, -0.25) is 0 Å². The molecule has 0 aromatic heterocycles. The predicted molar refractivity (Wildman–Crippen MR) is 31.1 cm³/mol. The zero-order valence-corrected chi connectivity index (χ0v) is 7.97. The Labute approximate surface area is 68.7 Å². The third-order valence-electron chi connectivity index (χ3n) is 1.64. The Morgan fingerprint density at radius 3 is 1.50 bits per heavy atom. The molecule has 1 nitrogen and oxygen atoms in total. The standard InChI is InChI=1S/C6H14N.HI/c1-7(2,3)6-4-5-6;/h6H,4-5H2,1-3H3;1H/q+1;/p-1. The van der Waals surface area contributed by atoms with Crippen LogP contribution in [0.25, 0.3) is 0 Å². The highest BCUT2D eigenvalue weighted by atomic mass is 127. The highest BCUT2D eigenvalue weighted by molar-refractivity contribution is 4.72. The highest BCUT2D eigenvalue weighted by Crippen LogP contribution is 2.28. The summed E-state index contributed by atoms with van der Waals surface area (Å²) >= 11 is 0. The zero-order chi connectivity index (χ0) is 5.49. The summed E-state index contributed by atoms with van der Waals surface area (Å²) in [5.74, 6) is 0. The van der Waals surface area contributed by atoms with Gasteiger partial charge in [0.25, 0.3) is 0 Å². The van der Waals surface area contributed by atoms with Crippen LogP contribution in [0.1, 0.15) is 12.8 Å². The summed E-state index contributed by atoms with van der Waals surface area (Å²) in [5.41, 5.74) is 0. The first kappa shape index (κ1) is 8.69. The van der Waals surface area contributed by atoms with E-state index in [0.717, 1.165) is 6.04 Å². The van der Waals surface area contributed by atoms with Gasteiger partial charge in [0.05, 0.1) is 27.2 Å². The minimum Gasteiger partial charge on any atom is -1.00 e. The maximum Gasteiger partial charge on any atom is 0.0888 e. The molecule has 0 unspecified atom stereocenters.